The predicted octanol–water partition coefficient (Wildman–Crippen LogP) is 2.16. The number of hydrogen-bond acceptors (Lipinski definition) is 2. The third kappa shape index (κ3) is 2.79. The summed E-state index contributed by atoms with van der Waals surface area (Å²) >= 11 is 6.05. The summed E-state index contributed by atoms with van der Waals surface area (Å²) in [5, 5.41) is 3.76. The molecule has 0 aromatic heterocycles. The molecule has 0 saturated carbocycles. The van der Waals surface area contributed by atoms with Gasteiger partial charge in [0.05, 0.1) is 10.6 Å². The van der Waals surface area contributed by atoms with Crippen molar-refractivity contribution >= 4 is 17.5 Å². The van der Waals surface area contributed by atoms with Crippen LogP contribution in [0.2, 0.25) is 5.02 Å². The lowest BCUT2D eigenvalue weighted by Crippen LogP contribution is -2.47. The van der Waals surface area contributed by atoms with Crippen molar-refractivity contribution in [2.75, 3.05) is 20.1 Å². The fourth-order valence-corrected chi connectivity index (χ4v) is 2.42. The topological polar surface area (TPSA) is 32.3 Å². The van der Waals surface area contributed by atoms with E-state index in [0.717, 1.165) is 25.9 Å². The van der Waals surface area contributed by atoms with Crippen molar-refractivity contribution in [3.05, 3.63) is 34.9 Å². The molecule has 1 amide bonds. The molecule has 0 spiro atoms. The van der Waals surface area contributed by atoms with Crippen molar-refractivity contribution < 1.29 is 4.79 Å². The molecule has 0 aliphatic carbocycles. The molecule has 1 aliphatic heterocycles. The van der Waals surface area contributed by atoms with Gasteiger partial charge in [0.25, 0.3) is 5.91 Å². The second-order valence-electron chi connectivity index (χ2n) is 4.36. The minimum absolute atomic E-state index is 0.0375. The first kappa shape index (κ1) is 12.4. The molecule has 1 N–H and O–H groups in total. The van der Waals surface area contributed by atoms with E-state index in [0.29, 0.717) is 16.6 Å². The Labute approximate surface area is 107 Å². The predicted molar refractivity (Wildman–Crippen MR) is 69.4 cm³/mol. The Balaban J connectivity index is 2.12. The monoisotopic (exact) mass is 252 g/mol. The third-order valence-corrected chi connectivity index (χ3v) is 3.55. The summed E-state index contributed by atoms with van der Waals surface area (Å²) in [5.74, 6) is 0.0375. The van der Waals surface area contributed by atoms with Crippen molar-refractivity contribution in [1.82, 2.24) is 10.2 Å². The molecule has 2 rings (SSSR count). The van der Waals surface area contributed by atoms with Crippen LogP contribution in [0.1, 0.15) is 23.2 Å². The highest BCUT2D eigenvalue weighted by Gasteiger charge is 2.24. The van der Waals surface area contributed by atoms with Crippen LogP contribution < -0.4 is 5.32 Å². The molecule has 0 radical (unpaired) electrons. The Morgan fingerprint density at radius 2 is 2.24 bits per heavy atom. The number of rotatable bonds is 2. The number of benzene rings is 1. The van der Waals surface area contributed by atoms with Gasteiger partial charge in [-0.15, -0.1) is 0 Å². The molecule has 1 heterocycles. The van der Waals surface area contributed by atoms with E-state index in [4.69, 9.17) is 11.6 Å². The zero-order chi connectivity index (χ0) is 12.3. The van der Waals surface area contributed by atoms with Crippen molar-refractivity contribution in [1.29, 1.82) is 0 Å². The van der Waals surface area contributed by atoms with Crippen LogP contribution in [0.4, 0.5) is 0 Å². The lowest BCUT2D eigenvalue weighted by atomic mass is 10.0. The van der Waals surface area contributed by atoms with Gasteiger partial charge in [-0.25, -0.2) is 0 Å². The molecule has 1 fully saturated rings. The largest absolute Gasteiger partial charge is 0.337 e. The summed E-state index contributed by atoms with van der Waals surface area (Å²) in [6.07, 6.45) is 2.17. The normalized spacial score (nSPS) is 20.4. The third-order valence-electron chi connectivity index (χ3n) is 3.22. The van der Waals surface area contributed by atoms with Gasteiger partial charge in [-0.2, -0.15) is 0 Å². The van der Waals surface area contributed by atoms with E-state index in [1.165, 1.54) is 0 Å². The smallest absolute Gasteiger partial charge is 0.255 e. The van der Waals surface area contributed by atoms with Crippen LogP contribution in [-0.2, 0) is 0 Å². The standard InChI is InChI=1S/C13H17ClN2O/c1-15-10-5-4-8-16(9-10)13(17)11-6-2-3-7-12(11)14/h2-3,6-7,10,15H,4-5,8-9H2,1H3. The number of likely N-dealkylation sites (tertiary alicyclic amines) is 1. The van der Waals surface area contributed by atoms with Gasteiger partial charge in [-0.1, -0.05) is 23.7 Å². The SMILES string of the molecule is CNC1CCCN(C(=O)c2ccccc2Cl)C1. The molecule has 92 valence electrons. The molecule has 0 bridgehead atoms. The highest BCUT2D eigenvalue weighted by molar-refractivity contribution is 6.33. The number of amides is 1. The van der Waals surface area contributed by atoms with Crippen molar-refractivity contribution in [2.24, 2.45) is 0 Å². The maximum absolute atomic E-state index is 12.3. The first-order valence-corrected chi connectivity index (χ1v) is 6.31. The van der Waals surface area contributed by atoms with E-state index in [1.54, 1.807) is 12.1 Å². The lowest BCUT2D eigenvalue weighted by molar-refractivity contribution is 0.0698. The number of carbonyl (C=O) groups excluding carboxylic acids is 1. The second kappa shape index (κ2) is 5.52. The zero-order valence-electron chi connectivity index (χ0n) is 9.95. The Morgan fingerprint density at radius 1 is 1.47 bits per heavy atom. The Bertz CT molecular complexity index is 408. The van der Waals surface area contributed by atoms with E-state index in [-0.39, 0.29) is 5.91 Å². The van der Waals surface area contributed by atoms with Gasteiger partial charge in [0.15, 0.2) is 0 Å². The average molecular weight is 253 g/mol. The number of likely N-dealkylation sites (N-methyl/N-ethyl adjacent to an activating group) is 1. The van der Waals surface area contributed by atoms with Crippen LogP contribution in [0, 0.1) is 0 Å². The van der Waals surface area contributed by atoms with Gasteiger partial charge in [0, 0.05) is 19.1 Å². The molecule has 1 aromatic carbocycles. The minimum Gasteiger partial charge on any atom is -0.337 e. The quantitative estimate of drug-likeness (QED) is 0.875. The van der Waals surface area contributed by atoms with E-state index >= 15 is 0 Å². The molecule has 1 unspecified atom stereocenters. The van der Waals surface area contributed by atoms with Crippen LogP contribution in [-0.4, -0.2) is 37.0 Å². The molecule has 1 aromatic rings. The van der Waals surface area contributed by atoms with Crippen LogP contribution in [0.25, 0.3) is 0 Å². The number of carbonyl (C=O) groups is 1. The van der Waals surface area contributed by atoms with Gasteiger partial charge in [0.1, 0.15) is 0 Å². The molecular weight excluding hydrogens is 236 g/mol. The van der Waals surface area contributed by atoms with Crippen molar-refractivity contribution in [3.63, 3.8) is 0 Å². The molecule has 1 saturated heterocycles. The Kier molecular flexibility index (Phi) is 4.02. The highest BCUT2D eigenvalue weighted by Crippen LogP contribution is 2.19. The summed E-state index contributed by atoms with van der Waals surface area (Å²) in [7, 11) is 1.94. The van der Waals surface area contributed by atoms with Crippen LogP contribution >= 0.6 is 11.6 Å². The number of halogens is 1. The van der Waals surface area contributed by atoms with Gasteiger partial charge < -0.3 is 10.2 Å². The maximum Gasteiger partial charge on any atom is 0.255 e. The maximum atomic E-state index is 12.3. The number of piperidine rings is 1. The van der Waals surface area contributed by atoms with Crippen LogP contribution in [0.5, 0.6) is 0 Å². The second-order valence-corrected chi connectivity index (χ2v) is 4.77. The first-order chi connectivity index (χ1) is 8.22. The number of nitrogens with zero attached hydrogens (tertiary/aromatic N) is 1. The zero-order valence-corrected chi connectivity index (χ0v) is 10.7. The van der Waals surface area contributed by atoms with Gasteiger partial charge in [-0.3, -0.25) is 4.79 Å². The summed E-state index contributed by atoms with van der Waals surface area (Å²) in [5.41, 5.74) is 0.603. The highest BCUT2D eigenvalue weighted by atomic mass is 35.5. The Morgan fingerprint density at radius 3 is 2.94 bits per heavy atom. The first-order valence-electron chi connectivity index (χ1n) is 5.93. The molecule has 1 atom stereocenters. The molecule has 4 heteroatoms. The van der Waals surface area contributed by atoms with Crippen LogP contribution in [0.15, 0.2) is 24.3 Å². The van der Waals surface area contributed by atoms with Gasteiger partial charge >= 0.3 is 0 Å². The number of hydrogen-bond donors (Lipinski definition) is 1. The Hall–Kier alpha value is -1.06. The summed E-state index contributed by atoms with van der Waals surface area (Å²) in [6.45, 7) is 1.59. The number of nitrogens with one attached hydrogen (secondary N) is 1. The van der Waals surface area contributed by atoms with E-state index in [1.807, 2.05) is 24.1 Å². The fraction of sp³-hybridized carbons (Fsp3) is 0.462. The van der Waals surface area contributed by atoms with E-state index in [2.05, 4.69) is 5.32 Å². The van der Waals surface area contributed by atoms with Gasteiger partial charge in [-0.05, 0) is 32.0 Å². The summed E-state index contributed by atoms with van der Waals surface area (Å²) < 4.78 is 0. The molecular formula is C13H17ClN2O. The molecule has 1 aliphatic rings. The fourth-order valence-electron chi connectivity index (χ4n) is 2.20. The molecule has 17 heavy (non-hydrogen) atoms. The van der Waals surface area contributed by atoms with E-state index < -0.39 is 0 Å². The molecule has 3 nitrogen and oxygen atoms in total. The van der Waals surface area contributed by atoms with Crippen molar-refractivity contribution in [3.8, 4) is 0 Å². The average Bonchev–Trinajstić information content (AvgIpc) is 2.38. The van der Waals surface area contributed by atoms with Crippen LogP contribution in [0.3, 0.4) is 0 Å². The van der Waals surface area contributed by atoms with Gasteiger partial charge in [0.2, 0.25) is 0 Å². The lowest BCUT2D eigenvalue weighted by Gasteiger charge is -2.32. The summed E-state index contributed by atoms with van der Waals surface area (Å²) in [6, 6.07) is 7.63. The summed E-state index contributed by atoms with van der Waals surface area (Å²) in [4.78, 5) is 14.2. The minimum atomic E-state index is 0.0375. The van der Waals surface area contributed by atoms with E-state index in [9.17, 15) is 4.79 Å². The van der Waals surface area contributed by atoms with Crippen molar-refractivity contribution in [2.45, 2.75) is 18.9 Å².